The molecule has 12 heavy (non-hydrogen) atoms. The van der Waals surface area contributed by atoms with E-state index >= 15 is 0 Å². The molecule has 1 fully saturated rings. The van der Waals surface area contributed by atoms with Crippen LogP contribution in [0.15, 0.2) is 12.2 Å². The van der Waals surface area contributed by atoms with Crippen molar-refractivity contribution in [3.63, 3.8) is 0 Å². The average molecular weight is 168 g/mol. The Hall–Kier alpha value is -0.260. The van der Waals surface area contributed by atoms with Gasteiger partial charge < -0.3 is 0 Å². The van der Waals surface area contributed by atoms with Crippen molar-refractivity contribution in [3.8, 4) is 0 Å². The molecule has 0 N–H and O–H groups in total. The number of rotatable bonds is 0. The van der Waals surface area contributed by atoms with Crippen LogP contribution in [0.3, 0.4) is 0 Å². The van der Waals surface area contributed by atoms with Gasteiger partial charge in [-0.1, -0.05) is 52.7 Å². The number of hydrogen-bond acceptors (Lipinski definition) is 0. The van der Waals surface area contributed by atoms with Crippen molar-refractivity contribution in [3.05, 3.63) is 12.2 Å². The summed E-state index contributed by atoms with van der Waals surface area (Å²) in [6.45, 7) is 8.81. The van der Waals surface area contributed by atoms with E-state index in [1.165, 1.54) is 37.7 Å². The minimum absolute atomic E-state index is 0. The molecule has 2 atom stereocenters. The van der Waals surface area contributed by atoms with Gasteiger partial charge in [-0.05, 0) is 24.7 Å². The molecule has 1 aliphatic rings. The maximum atomic E-state index is 4.12. The van der Waals surface area contributed by atoms with Gasteiger partial charge in [-0.15, -0.1) is 0 Å². The fourth-order valence-electron chi connectivity index (χ4n) is 2.09. The van der Waals surface area contributed by atoms with Crippen molar-refractivity contribution < 1.29 is 0 Å². The molecule has 0 saturated heterocycles. The molecular weight excluding hydrogens is 144 g/mol. The van der Waals surface area contributed by atoms with Gasteiger partial charge in [0.2, 0.25) is 0 Å². The molecule has 0 aromatic carbocycles. The Morgan fingerprint density at radius 3 is 1.92 bits per heavy atom. The van der Waals surface area contributed by atoms with E-state index in [1.54, 1.807) is 0 Å². The summed E-state index contributed by atoms with van der Waals surface area (Å²) in [6.07, 6.45) is 6.77. The lowest BCUT2D eigenvalue weighted by Crippen LogP contribution is -2.06. The molecule has 0 amide bonds. The van der Waals surface area contributed by atoms with Gasteiger partial charge in [-0.25, -0.2) is 0 Å². The first-order valence-corrected chi connectivity index (χ1v) is 4.85. The second-order valence-corrected chi connectivity index (χ2v) is 4.30. The summed E-state index contributed by atoms with van der Waals surface area (Å²) in [6, 6.07) is 0. The van der Waals surface area contributed by atoms with Crippen LogP contribution in [0, 0.1) is 11.8 Å². The van der Waals surface area contributed by atoms with Crippen LogP contribution in [0.4, 0.5) is 0 Å². The van der Waals surface area contributed by atoms with E-state index in [-0.39, 0.29) is 7.43 Å². The minimum atomic E-state index is 0. The highest BCUT2D eigenvalue weighted by Crippen LogP contribution is 2.27. The summed E-state index contributed by atoms with van der Waals surface area (Å²) in [4.78, 5) is 0. The highest BCUT2D eigenvalue weighted by atomic mass is 14.2. The molecule has 1 saturated carbocycles. The van der Waals surface area contributed by atoms with Crippen LogP contribution in [-0.2, 0) is 0 Å². The normalized spacial score (nSPS) is 31.7. The van der Waals surface area contributed by atoms with Crippen LogP contribution in [-0.4, -0.2) is 0 Å². The van der Waals surface area contributed by atoms with E-state index < -0.39 is 0 Å². The minimum Gasteiger partial charge on any atom is -0.0998 e. The molecule has 0 nitrogen and oxygen atoms in total. The maximum Gasteiger partial charge on any atom is -0.0297 e. The molecule has 0 aromatic rings. The van der Waals surface area contributed by atoms with Crippen molar-refractivity contribution in [1.29, 1.82) is 0 Å². The summed E-state index contributed by atoms with van der Waals surface area (Å²) in [5, 5.41) is 0. The Balaban J connectivity index is 0.00000121. The lowest BCUT2D eigenvalue weighted by Gasteiger charge is -2.21. The van der Waals surface area contributed by atoms with Crippen molar-refractivity contribution in [2.45, 2.75) is 53.4 Å². The SMILES string of the molecule is C.C=C1CC(C)CCCC(C)C1. The molecule has 1 rings (SSSR count). The van der Waals surface area contributed by atoms with Gasteiger partial charge >= 0.3 is 0 Å². The van der Waals surface area contributed by atoms with Gasteiger partial charge in [-0.3, -0.25) is 0 Å². The van der Waals surface area contributed by atoms with Crippen LogP contribution < -0.4 is 0 Å². The first-order valence-electron chi connectivity index (χ1n) is 4.85. The van der Waals surface area contributed by atoms with Crippen LogP contribution in [0.25, 0.3) is 0 Å². The van der Waals surface area contributed by atoms with Crippen molar-refractivity contribution in [1.82, 2.24) is 0 Å². The average Bonchev–Trinajstić information content (AvgIpc) is 1.83. The zero-order valence-electron chi connectivity index (χ0n) is 7.90. The largest absolute Gasteiger partial charge is 0.0998 e. The van der Waals surface area contributed by atoms with Crippen LogP contribution in [0.5, 0.6) is 0 Å². The lowest BCUT2D eigenvalue weighted by molar-refractivity contribution is 0.397. The molecule has 0 heterocycles. The van der Waals surface area contributed by atoms with Gasteiger partial charge in [0.15, 0.2) is 0 Å². The molecule has 0 heteroatoms. The maximum absolute atomic E-state index is 4.12. The summed E-state index contributed by atoms with van der Waals surface area (Å²) in [5.74, 6) is 1.77. The van der Waals surface area contributed by atoms with E-state index in [2.05, 4.69) is 20.4 Å². The molecule has 0 aliphatic heterocycles. The van der Waals surface area contributed by atoms with E-state index in [0.717, 1.165) is 11.8 Å². The molecule has 0 spiro atoms. The third-order valence-corrected chi connectivity index (χ3v) is 2.67. The fourth-order valence-corrected chi connectivity index (χ4v) is 2.09. The molecule has 0 aromatic heterocycles. The Bertz CT molecular complexity index is 121. The Morgan fingerprint density at radius 2 is 1.50 bits per heavy atom. The zero-order chi connectivity index (χ0) is 8.27. The predicted molar refractivity (Wildman–Crippen MR) is 57.3 cm³/mol. The molecule has 2 unspecified atom stereocenters. The Morgan fingerprint density at radius 1 is 1.08 bits per heavy atom. The third-order valence-electron chi connectivity index (χ3n) is 2.67. The molecule has 0 radical (unpaired) electrons. The Labute approximate surface area is 78.1 Å². The zero-order valence-corrected chi connectivity index (χ0v) is 7.90. The van der Waals surface area contributed by atoms with Crippen LogP contribution in [0.2, 0.25) is 0 Å². The van der Waals surface area contributed by atoms with Crippen molar-refractivity contribution in [2.24, 2.45) is 11.8 Å². The molecular formula is C12H24. The molecule has 1 aliphatic carbocycles. The topological polar surface area (TPSA) is 0 Å². The summed E-state index contributed by atoms with van der Waals surface area (Å²) in [7, 11) is 0. The highest BCUT2D eigenvalue weighted by molar-refractivity contribution is 4.97. The van der Waals surface area contributed by atoms with Gasteiger partial charge in [0, 0.05) is 0 Å². The van der Waals surface area contributed by atoms with Crippen molar-refractivity contribution >= 4 is 0 Å². The van der Waals surface area contributed by atoms with E-state index in [1.807, 2.05) is 0 Å². The second-order valence-electron chi connectivity index (χ2n) is 4.30. The number of allylic oxidation sites excluding steroid dienone is 1. The van der Waals surface area contributed by atoms with E-state index in [9.17, 15) is 0 Å². The quantitative estimate of drug-likeness (QED) is 0.470. The predicted octanol–water partition coefficient (Wildman–Crippen LogP) is 4.42. The van der Waals surface area contributed by atoms with Crippen molar-refractivity contribution in [2.75, 3.05) is 0 Å². The smallest absolute Gasteiger partial charge is 0.0297 e. The fraction of sp³-hybridized carbons (Fsp3) is 0.833. The highest BCUT2D eigenvalue weighted by Gasteiger charge is 2.12. The monoisotopic (exact) mass is 168 g/mol. The number of hydrogen-bond donors (Lipinski definition) is 0. The van der Waals surface area contributed by atoms with Gasteiger partial charge in [0.05, 0.1) is 0 Å². The molecule has 72 valence electrons. The second kappa shape index (κ2) is 5.40. The van der Waals surface area contributed by atoms with E-state index in [4.69, 9.17) is 0 Å². The summed E-state index contributed by atoms with van der Waals surface area (Å²) in [5.41, 5.74) is 1.48. The summed E-state index contributed by atoms with van der Waals surface area (Å²) < 4.78 is 0. The van der Waals surface area contributed by atoms with E-state index in [0.29, 0.717) is 0 Å². The Kier molecular flexibility index (Phi) is 5.28. The third kappa shape index (κ3) is 3.94. The van der Waals surface area contributed by atoms with Gasteiger partial charge in [0.25, 0.3) is 0 Å². The first-order chi connectivity index (χ1) is 5.18. The standard InChI is InChI=1S/C11H20.CH4/c1-9-5-4-6-10(2)8-11(3)7-9;/h9-10H,3-8H2,1-2H3;1H4. The van der Waals surface area contributed by atoms with Crippen LogP contribution in [0.1, 0.15) is 53.4 Å². The first kappa shape index (κ1) is 11.7. The van der Waals surface area contributed by atoms with Gasteiger partial charge in [-0.2, -0.15) is 0 Å². The van der Waals surface area contributed by atoms with Gasteiger partial charge in [0.1, 0.15) is 0 Å². The lowest BCUT2D eigenvalue weighted by atomic mass is 9.85. The molecule has 0 bridgehead atoms. The van der Waals surface area contributed by atoms with Crippen LogP contribution >= 0.6 is 0 Å². The summed E-state index contributed by atoms with van der Waals surface area (Å²) >= 11 is 0.